The van der Waals surface area contributed by atoms with Gasteiger partial charge < -0.3 is 16.2 Å². The molecule has 3 rings (SSSR count). The van der Waals surface area contributed by atoms with Crippen molar-refractivity contribution in [2.24, 2.45) is 5.73 Å². The van der Waals surface area contributed by atoms with Gasteiger partial charge in [-0.2, -0.15) is 5.26 Å². The fraction of sp³-hybridized carbons (Fsp3) is 0.0833. The van der Waals surface area contributed by atoms with Crippen molar-refractivity contribution in [2.45, 2.75) is 6.04 Å². The molecule has 0 saturated carbocycles. The topological polar surface area (TPSA) is 113 Å². The Kier molecular flexibility index (Phi) is 2.35. The van der Waals surface area contributed by atoms with Gasteiger partial charge in [0.2, 0.25) is 5.95 Å². The number of anilines is 1. The van der Waals surface area contributed by atoms with Crippen LogP contribution in [-0.4, -0.2) is 19.9 Å². The zero-order valence-electron chi connectivity index (χ0n) is 9.78. The van der Waals surface area contributed by atoms with E-state index in [0.29, 0.717) is 11.5 Å². The van der Waals surface area contributed by atoms with Gasteiger partial charge in [0, 0.05) is 0 Å². The van der Waals surface area contributed by atoms with Crippen LogP contribution in [0.4, 0.5) is 5.95 Å². The summed E-state index contributed by atoms with van der Waals surface area (Å²) in [5.74, 6) is 0.877. The molecule has 1 unspecified atom stereocenters. The van der Waals surface area contributed by atoms with Gasteiger partial charge in [-0.05, 0) is 17.7 Å². The smallest absolute Gasteiger partial charge is 0.231 e. The quantitative estimate of drug-likeness (QED) is 0.693. The van der Waals surface area contributed by atoms with Crippen LogP contribution < -0.4 is 11.1 Å². The zero-order chi connectivity index (χ0) is 13.4. The first-order valence-electron chi connectivity index (χ1n) is 5.56. The summed E-state index contributed by atoms with van der Waals surface area (Å²) in [5, 5.41) is 29.5. The number of hydrogen-bond acceptors (Lipinski definition) is 6. The number of rotatable bonds is 1. The van der Waals surface area contributed by atoms with Crippen LogP contribution in [-0.2, 0) is 0 Å². The second-order valence-corrected chi connectivity index (χ2v) is 4.11. The third kappa shape index (κ3) is 1.66. The van der Waals surface area contributed by atoms with Gasteiger partial charge in [0.15, 0.2) is 0 Å². The predicted molar refractivity (Wildman–Crippen MR) is 67.5 cm³/mol. The second kappa shape index (κ2) is 4.03. The summed E-state index contributed by atoms with van der Waals surface area (Å²) in [6.07, 6.45) is 1.44. The molecule has 4 N–H and O–H groups in total. The van der Waals surface area contributed by atoms with E-state index in [1.165, 1.54) is 10.9 Å². The Hall–Kier alpha value is -3.01. The molecule has 1 aliphatic rings. The van der Waals surface area contributed by atoms with Crippen LogP contribution in [0.25, 0.3) is 5.82 Å². The van der Waals surface area contributed by atoms with Crippen molar-refractivity contribution in [1.82, 2.24) is 14.8 Å². The van der Waals surface area contributed by atoms with Gasteiger partial charge in [-0.1, -0.05) is 12.1 Å². The van der Waals surface area contributed by atoms with Crippen molar-refractivity contribution >= 4 is 11.8 Å². The molecule has 0 aliphatic carbocycles. The number of nitrogens with one attached hydrogen (secondary N) is 1. The summed E-state index contributed by atoms with van der Waals surface area (Å²) in [6.45, 7) is 0. The van der Waals surface area contributed by atoms with Crippen molar-refractivity contribution in [1.29, 1.82) is 5.26 Å². The first kappa shape index (κ1) is 11.1. The number of aromatic nitrogens is 3. The summed E-state index contributed by atoms with van der Waals surface area (Å²) in [6, 6.07) is 8.28. The maximum Gasteiger partial charge on any atom is 0.231 e. The molecule has 7 heteroatoms. The van der Waals surface area contributed by atoms with E-state index < -0.39 is 6.04 Å². The lowest BCUT2D eigenvalue weighted by atomic mass is 9.98. The monoisotopic (exact) mass is 254 g/mol. The molecule has 1 aromatic heterocycles. The molecule has 1 aliphatic heterocycles. The van der Waals surface area contributed by atoms with Crippen molar-refractivity contribution < 1.29 is 5.11 Å². The normalized spacial score (nSPS) is 17.5. The molecule has 0 radical (unpaired) electrons. The van der Waals surface area contributed by atoms with Crippen molar-refractivity contribution in [3.05, 3.63) is 41.7 Å². The van der Waals surface area contributed by atoms with Gasteiger partial charge in [-0.15, -0.1) is 10.2 Å². The molecule has 1 aromatic carbocycles. The van der Waals surface area contributed by atoms with Gasteiger partial charge >= 0.3 is 0 Å². The molecule has 0 amide bonds. The average molecular weight is 254 g/mol. The highest BCUT2D eigenvalue weighted by Gasteiger charge is 2.28. The van der Waals surface area contributed by atoms with Gasteiger partial charge in [0.25, 0.3) is 0 Å². The Morgan fingerprint density at radius 3 is 3.05 bits per heavy atom. The lowest BCUT2D eigenvalue weighted by Crippen LogP contribution is -2.26. The van der Waals surface area contributed by atoms with E-state index in [9.17, 15) is 10.4 Å². The number of phenols is 1. The van der Waals surface area contributed by atoms with Crippen LogP contribution in [0.1, 0.15) is 11.6 Å². The summed E-state index contributed by atoms with van der Waals surface area (Å²) in [4.78, 5) is 0. The summed E-state index contributed by atoms with van der Waals surface area (Å²) < 4.78 is 1.51. The molecule has 1 atom stereocenters. The Morgan fingerprint density at radius 2 is 2.32 bits per heavy atom. The maximum absolute atomic E-state index is 9.53. The summed E-state index contributed by atoms with van der Waals surface area (Å²) in [5.41, 5.74) is 7.04. The van der Waals surface area contributed by atoms with Crippen LogP contribution in [0, 0.1) is 11.3 Å². The lowest BCUT2D eigenvalue weighted by molar-refractivity contribution is 0.474. The highest BCUT2D eigenvalue weighted by atomic mass is 16.3. The van der Waals surface area contributed by atoms with E-state index in [1.54, 1.807) is 24.3 Å². The molecule has 0 saturated heterocycles. The number of hydrogen-bond donors (Lipinski definition) is 3. The summed E-state index contributed by atoms with van der Waals surface area (Å²) in [7, 11) is 0. The number of fused-ring (bicyclic) bond motifs is 1. The van der Waals surface area contributed by atoms with E-state index in [1.807, 2.05) is 0 Å². The molecular formula is C12H10N6O. The zero-order valence-corrected chi connectivity index (χ0v) is 9.78. The van der Waals surface area contributed by atoms with Crippen LogP contribution in [0.3, 0.4) is 0 Å². The van der Waals surface area contributed by atoms with Crippen LogP contribution >= 0.6 is 0 Å². The summed E-state index contributed by atoms with van der Waals surface area (Å²) >= 11 is 0. The Labute approximate surface area is 108 Å². The standard InChI is InChI=1S/C12H10N6O/c13-5-9-10(7-2-1-3-8(19)4-7)16-12-17-15-6-18(12)11(9)14/h1-4,6,10,19H,14H2,(H,16,17). The van der Waals surface area contributed by atoms with Gasteiger partial charge in [-0.3, -0.25) is 4.57 Å². The van der Waals surface area contributed by atoms with Crippen molar-refractivity contribution in [2.75, 3.05) is 5.32 Å². The Morgan fingerprint density at radius 1 is 1.47 bits per heavy atom. The van der Waals surface area contributed by atoms with E-state index in [4.69, 9.17) is 5.73 Å². The molecule has 0 bridgehead atoms. The number of nitrogens with zero attached hydrogens (tertiary/aromatic N) is 4. The Bertz CT molecular complexity index is 711. The third-order valence-corrected chi connectivity index (χ3v) is 2.97. The van der Waals surface area contributed by atoms with Crippen LogP contribution in [0.5, 0.6) is 5.75 Å². The van der Waals surface area contributed by atoms with Gasteiger partial charge in [0.1, 0.15) is 24.0 Å². The molecule has 2 aromatic rings. The maximum atomic E-state index is 9.53. The van der Waals surface area contributed by atoms with Crippen LogP contribution in [0.2, 0.25) is 0 Å². The second-order valence-electron chi connectivity index (χ2n) is 4.11. The number of nitrogens with two attached hydrogens (primary N) is 1. The average Bonchev–Trinajstić information content (AvgIpc) is 2.87. The molecular weight excluding hydrogens is 244 g/mol. The van der Waals surface area contributed by atoms with Crippen molar-refractivity contribution in [3.63, 3.8) is 0 Å². The molecule has 7 nitrogen and oxygen atoms in total. The van der Waals surface area contributed by atoms with E-state index in [2.05, 4.69) is 21.6 Å². The van der Waals surface area contributed by atoms with E-state index in [-0.39, 0.29) is 11.6 Å². The SMILES string of the molecule is N#CC1=C(N)n2cnnc2NC1c1cccc(O)c1. The highest BCUT2D eigenvalue weighted by Crippen LogP contribution is 2.33. The molecule has 0 fully saturated rings. The highest BCUT2D eigenvalue weighted by molar-refractivity contribution is 5.66. The first-order chi connectivity index (χ1) is 9.20. The fourth-order valence-corrected chi connectivity index (χ4v) is 2.06. The van der Waals surface area contributed by atoms with E-state index >= 15 is 0 Å². The Balaban J connectivity index is 2.14. The number of aromatic hydroxyl groups is 1. The number of nitriles is 1. The molecule has 0 spiro atoms. The third-order valence-electron chi connectivity index (χ3n) is 2.97. The molecule has 19 heavy (non-hydrogen) atoms. The first-order valence-corrected chi connectivity index (χ1v) is 5.56. The predicted octanol–water partition coefficient (Wildman–Crippen LogP) is 0.801. The molecule has 94 valence electrons. The van der Waals surface area contributed by atoms with Gasteiger partial charge in [0.05, 0.1) is 11.6 Å². The number of phenolic OH excluding ortho intramolecular Hbond substituents is 1. The largest absolute Gasteiger partial charge is 0.508 e. The van der Waals surface area contributed by atoms with Crippen LogP contribution in [0.15, 0.2) is 36.2 Å². The lowest BCUT2D eigenvalue weighted by Gasteiger charge is -2.25. The van der Waals surface area contributed by atoms with E-state index in [0.717, 1.165) is 5.56 Å². The minimum atomic E-state index is -0.450. The molecule has 2 heterocycles. The fourth-order valence-electron chi connectivity index (χ4n) is 2.06. The minimum Gasteiger partial charge on any atom is -0.508 e. The van der Waals surface area contributed by atoms with Crippen molar-refractivity contribution in [3.8, 4) is 11.8 Å². The number of benzene rings is 1. The minimum absolute atomic E-state index is 0.127. The van der Waals surface area contributed by atoms with Gasteiger partial charge in [-0.25, -0.2) is 0 Å².